The number of para-hydroxylation sites is 2. The van der Waals surface area contributed by atoms with Crippen LogP contribution in [0.25, 0.3) is 0 Å². The van der Waals surface area contributed by atoms with Crippen LogP contribution in [-0.4, -0.2) is 19.1 Å². The lowest BCUT2D eigenvalue weighted by molar-refractivity contribution is -0.114. The average Bonchev–Trinajstić information content (AvgIpc) is 2.50. The van der Waals surface area contributed by atoms with E-state index in [0.29, 0.717) is 6.61 Å². The third-order valence-corrected chi connectivity index (χ3v) is 3.42. The second kappa shape index (κ2) is 7.50. The van der Waals surface area contributed by atoms with E-state index in [0.717, 1.165) is 22.7 Å². The lowest BCUT2D eigenvalue weighted by atomic mass is 10.1. The Morgan fingerprint density at radius 3 is 2.59 bits per heavy atom. The first-order chi connectivity index (χ1) is 10.6. The fourth-order valence-corrected chi connectivity index (χ4v) is 2.09. The summed E-state index contributed by atoms with van der Waals surface area (Å²) in [7, 11) is 0. The van der Waals surface area contributed by atoms with E-state index in [4.69, 9.17) is 4.74 Å². The number of hydrogen-bond donors (Lipinski definition) is 2. The van der Waals surface area contributed by atoms with Crippen LogP contribution < -0.4 is 15.4 Å². The normalized spacial score (nSPS) is 10.1. The molecule has 0 bridgehead atoms. The number of rotatable bonds is 6. The molecule has 0 unspecified atom stereocenters. The molecule has 4 nitrogen and oxygen atoms in total. The summed E-state index contributed by atoms with van der Waals surface area (Å²) < 4.78 is 5.52. The van der Waals surface area contributed by atoms with Crippen molar-refractivity contribution in [2.45, 2.75) is 20.8 Å². The van der Waals surface area contributed by atoms with Gasteiger partial charge in [0.25, 0.3) is 0 Å². The van der Waals surface area contributed by atoms with Crippen molar-refractivity contribution in [3.05, 3.63) is 53.6 Å². The molecule has 0 aromatic heterocycles. The first-order valence-corrected chi connectivity index (χ1v) is 7.43. The van der Waals surface area contributed by atoms with Crippen LogP contribution in [0.4, 0.5) is 11.4 Å². The molecule has 0 aliphatic carbocycles. The second-order valence-electron chi connectivity index (χ2n) is 5.13. The molecule has 2 aromatic carbocycles. The Morgan fingerprint density at radius 2 is 1.86 bits per heavy atom. The maximum absolute atomic E-state index is 12.0. The fraction of sp³-hybridized carbons (Fsp3) is 0.278. The van der Waals surface area contributed by atoms with Gasteiger partial charge in [0.2, 0.25) is 5.91 Å². The van der Waals surface area contributed by atoms with E-state index >= 15 is 0 Å². The minimum absolute atomic E-state index is 0.0884. The standard InChI is InChI=1S/C18H22N2O2/c1-4-22-17-8-6-5-7-16(17)19-12-18(21)20-15-10-9-13(2)14(3)11-15/h5-11,19H,4,12H2,1-3H3,(H,20,21). The molecule has 0 atom stereocenters. The SMILES string of the molecule is CCOc1ccccc1NCC(=O)Nc1ccc(C)c(C)c1. The monoisotopic (exact) mass is 298 g/mol. The number of amides is 1. The number of hydrogen-bond acceptors (Lipinski definition) is 3. The Hall–Kier alpha value is -2.49. The summed E-state index contributed by atoms with van der Waals surface area (Å²) in [4.78, 5) is 12.0. The minimum Gasteiger partial charge on any atom is -0.492 e. The summed E-state index contributed by atoms with van der Waals surface area (Å²) in [5, 5.41) is 6.00. The summed E-state index contributed by atoms with van der Waals surface area (Å²) in [5.41, 5.74) is 4.00. The highest BCUT2D eigenvalue weighted by Crippen LogP contribution is 2.23. The molecule has 1 amide bonds. The van der Waals surface area contributed by atoms with E-state index in [1.807, 2.05) is 63.2 Å². The van der Waals surface area contributed by atoms with Crippen LogP contribution in [0.3, 0.4) is 0 Å². The van der Waals surface area contributed by atoms with Crippen molar-refractivity contribution in [1.29, 1.82) is 0 Å². The quantitative estimate of drug-likeness (QED) is 0.854. The van der Waals surface area contributed by atoms with Crippen molar-refractivity contribution < 1.29 is 9.53 Å². The fourth-order valence-electron chi connectivity index (χ4n) is 2.09. The summed E-state index contributed by atoms with van der Waals surface area (Å²) >= 11 is 0. The van der Waals surface area contributed by atoms with Gasteiger partial charge in [0.15, 0.2) is 0 Å². The van der Waals surface area contributed by atoms with Crippen molar-refractivity contribution in [3.63, 3.8) is 0 Å². The zero-order valence-electron chi connectivity index (χ0n) is 13.3. The van der Waals surface area contributed by atoms with Gasteiger partial charge in [0.05, 0.1) is 18.8 Å². The van der Waals surface area contributed by atoms with E-state index in [1.165, 1.54) is 5.56 Å². The summed E-state index contributed by atoms with van der Waals surface area (Å²) in [5.74, 6) is 0.665. The molecule has 2 rings (SSSR count). The van der Waals surface area contributed by atoms with Crippen LogP contribution >= 0.6 is 0 Å². The highest BCUT2D eigenvalue weighted by atomic mass is 16.5. The van der Waals surface area contributed by atoms with Crippen molar-refractivity contribution in [2.24, 2.45) is 0 Å². The molecule has 2 N–H and O–H groups in total. The summed E-state index contributed by atoms with van der Waals surface area (Å²) in [6.45, 7) is 6.79. The molecule has 0 heterocycles. The molecule has 116 valence electrons. The second-order valence-corrected chi connectivity index (χ2v) is 5.13. The summed E-state index contributed by atoms with van der Waals surface area (Å²) in [6, 6.07) is 13.5. The highest BCUT2D eigenvalue weighted by Gasteiger charge is 2.06. The Morgan fingerprint density at radius 1 is 1.09 bits per heavy atom. The topological polar surface area (TPSA) is 50.4 Å². The van der Waals surface area contributed by atoms with Gasteiger partial charge in [0, 0.05) is 5.69 Å². The maximum atomic E-state index is 12.0. The lowest BCUT2D eigenvalue weighted by Gasteiger charge is -2.12. The molecular weight excluding hydrogens is 276 g/mol. The van der Waals surface area contributed by atoms with Crippen molar-refractivity contribution in [1.82, 2.24) is 0 Å². The summed E-state index contributed by atoms with van der Waals surface area (Å²) in [6.07, 6.45) is 0. The first kappa shape index (κ1) is 15.9. The van der Waals surface area contributed by atoms with Gasteiger partial charge in [-0.05, 0) is 56.2 Å². The number of anilines is 2. The molecular formula is C18H22N2O2. The number of carbonyl (C=O) groups is 1. The van der Waals surface area contributed by atoms with Crippen LogP contribution in [0.1, 0.15) is 18.1 Å². The van der Waals surface area contributed by atoms with Gasteiger partial charge in [-0.25, -0.2) is 0 Å². The molecule has 0 radical (unpaired) electrons. The van der Waals surface area contributed by atoms with Crippen molar-refractivity contribution in [2.75, 3.05) is 23.8 Å². The van der Waals surface area contributed by atoms with Crippen LogP contribution in [-0.2, 0) is 4.79 Å². The maximum Gasteiger partial charge on any atom is 0.243 e. The average molecular weight is 298 g/mol. The first-order valence-electron chi connectivity index (χ1n) is 7.43. The van der Waals surface area contributed by atoms with Gasteiger partial charge in [-0.3, -0.25) is 4.79 Å². The highest BCUT2D eigenvalue weighted by molar-refractivity contribution is 5.94. The van der Waals surface area contributed by atoms with Crippen LogP contribution in [0.2, 0.25) is 0 Å². The number of benzene rings is 2. The largest absolute Gasteiger partial charge is 0.492 e. The predicted molar refractivity (Wildman–Crippen MR) is 90.6 cm³/mol. The molecule has 0 spiro atoms. The number of carbonyl (C=O) groups excluding carboxylic acids is 1. The molecule has 0 fully saturated rings. The zero-order chi connectivity index (χ0) is 15.9. The third kappa shape index (κ3) is 4.25. The van der Waals surface area contributed by atoms with E-state index < -0.39 is 0 Å². The molecule has 2 aromatic rings. The molecule has 0 saturated carbocycles. The Bertz CT molecular complexity index is 653. The number of ether oxygens (including phenoxy) is 1. The van der Waals surface area contributed by atoms with Gasteiger partial charge >= 0.3 is 0 Å². The van der Waals surface area contributed by atoms with Crippen LogP contribution in [0.5, 0.6) is 5.75 Å². The third-order valence-electron chi connectivity index (χ3n) is 3.42. The molecule has 4 heteroatoms. The van der Waals surface area contributed by atoms with Crippen LogP contribution in [0, 0.1) is 13.8 Å². The van der Waals surface area contributed by atoms with Gasteiger partial charge in [-0.2, -0.15) is 0 Å². The van der Waals surface area contributed by atoms with E-state index in [2.05, 4.69) is 10.6 Å². The smallest absolute Gasteiger partial charge is 0.243 e. The van der Waals surface area contributed by atoms with Gasteiger partial charge in [-0.15, -0.1) is 0 Å². The molecule has 0 aliphatic rings. The number of nitrogens with one attached hydrogen (secondary N) is 2. The van der Waals surface area contributed by atoms with E-state index in [9.17, 15) is 4.79 Å². The van der Waals surface area contributed by atoms with Crippen molar-refractivity contribution in [3.8, 4) is 5.75 Å². The molecule has 0 aliphatic heterocycles. The Kier molecular flexibility index (Phi) is 5.42. The minimum atomic E-state index is -0.0884. The zero-order valence-corrected chi connectivity index (χ0v) is 13.3. The number of aryl methyl sites for hydroxylation is 2. The Balaban J connectivity index is 1.94. The lowest BCUT2D eigenvalue weighted by Crippen LogP contribution is -2.22. The molecule has 22 heavy (non-hydrogen) atoms. The van der Waals surface area contributed by atoms with Crippen LogP contribution in [0.15, 0.2) is 42.5 Å². The Labute approximate surface area is 131 Å². The van der Waals surface area contributed by atoms with Gasteiger partial charge in [0.1, 0.15) is 5.75 Å². The predicted octanol–water partition coefficient (Wildman–Crippen LogP) is 3.75. The molecule has 0 saturated heterocycles. The van der Waals surface area contributed by atoms with Gasteiger partial charge < -0.3 is 15.4 Å². The van der Waals surface area contributed by atoms with Gasteiger partial charge in [-0.1, -0.05) is 18.2 Å². The van der Waals surface area contributed by atoms with Crippen molar-refractivity contribution >= 4 is 17.3 Å². The van der Waals surface area contributed by atoms with E-state index in [-0.39, 0.29) is 12.5 Å². The van der Waals surface area contributed by atoms with E-state index in [1.54, 1.807) is 0 Å².